The molecule has 1 saturated heterocycles. The van der Waals surface area contributed by atoms with E-state index in [-0.39, 0.29) is 11.8 Å². The third-order valence-electron chi connectivity index (χ3n) is 5.49. The Bertz CT molecular complexity index is 945. The fourth-order valence-electron chi connectivity index (χ4n) is 3.86. The highest BCUT2D eigenvalue weighted by Gasteiger charge is 2.20. The number of amides is 1. The molecule has 152 valence electrons. The maximum Gasteiger partial charge on any atom is 0.234 e. The first-order valence-corrected chi connectivity index (χ1v) is 10.0. The van der Waals surface area contributed by atoms with E-state index in [2.05, 4.69) is 39.5 Å². The number of nitrogens with zero attached hydrogens (tertiary/aromatic N) is 1. The van der Waals surface area contributed by atoms with E-state index < -0.39 is 0 Å². The summed E-state index contributed by atoms with van der Waals surface area (Å²) in [5.41, 5.74) is 3.42. The Hall–Kier alpha value is -2.83. The summed E-state index contributed by atoms with van der Waals surface area (Å²) in [5.74, 6) is 0.915. The molecule has 6 heteroatoms. The van der Waals surface area contributed by atoms with Crippen LogP contribution in [0.5, 0.6) is 5.75 Å². The van der Waals surface area contributed by atoms with Crippen molar-refractivity contribution in [2.24, 2.45) is 0 Å². The van der Waals surface area contributed by atoms with Crippen molar-refractivity contribution in [2.75, 3.05) is 46.5 Å². The van der Waals surface area contributed by atoms with Crippen LogP contribution in [0.25, 0.3) is 10.9 Å². The summed E-state index contributed by atoms with van der Waals surface area (Å²) < 4.78 is 10.7. The highest BCUT2D eigenvalue weighted by atomic mass is 16.5. The predicted octanol–water partition coefficient (Wildman–Crippen LogP) is 2.76. The van der Waals surface area contributed by atoms with Crippen LogP contribution in [-0.4, -0.2) is 62.3 Å². The molecule has 0 unspecified atom stereocenters. The van der Waals surface area contributed by atoms with Gasteiger partial charge in [0.05, 0.1) is 26.9 Å². The van der Waals surface area contributed by atoms with E-state index in [9.17, 15) is 4.79 Å². The third kappa shape index (κ3) is 4.60. The molecule has 1 fully saturated rings. The fourth-order valence-corrected chi connectivity index (χ4v) is 3.86. The van der Waals surface area contributed by atoms with E-state index in [0.29, 0.717) is 26.3 Å². The number of carbonyl (C=O) groups excluding carboxylic acids is 1. The number of benzene rings is 2. The zero-order valence-corrected chi connectivity index (χ0v) is 16.7. The van der Waals surface area contributed by atoms with Gasteiger partial charge in [-0.2, -0.15) is 0 Å². The molecule has 4 rings (SSSR count). The Kier molecular flexibility index (Phi) is 6.12. The number of fused-ring (bicyclic) bond motifs is 1. The van der Waals surface area contributed by atoms with Crippen LogP contribution in [0.3, 0.4) is 0 Å². The van der Waals surface area contributed by atoms with Crippen molar-refractivity contribution in [3.8, 4) is 5.75 Å². The molecule has 1 amide bonds. The predicted molar refractivity (Wildman–Crippen MR) is 113 cm³/mol. The smallest absolute Gasteiger partial charge is 0.234 e. The zero-order chi connectivity index (χ0) is 20.1. The van der Waals surface area contributed by atoms with Gasteiger partial charge in [0.1, 0.15) is 5.75 Å². The van der Waals surface area contributed by atoms with Crippen LogP contribution in [0.15, 0.2) is 54.7 Å². The van der Waals surface area contributed by atoms with Crippen LogP contribution in [-0.2, 0) is 9.53 Å². The Morgan fingerprint density at radius 2 is 1.93 bits per heavy atom. The zero-order valence-electron chi connectivity index (χ0n) is 16.7. The van der Waals surface area contributed by atoms with E-state index in [0.717, 1.165) is 29.9 Å². The lowest BCUT2D eigenvalue weighted by Crippen LogP contribution is -2.43. The van der Waals surface area contributed by atoms with Crippen molar-refractivity contribution >= 4 is 16.8 Å². The minimum absolute atomic E-state index is 0.0465. The molecule has 0 radical (unpaired) electrons. The molecule has 2 N–H and O–H groups in total. The first kappa shape index (κ1) is 19.5. The van der Waals surface area contributed by atoms with Crippen LogP contribution in [0.4, 0.5) is 0 Å². The number of rotatable bonds is 7. The molecule has 1 atom stereocenters. The summed E-state index contributed by atoms with van der Waals surface area (Å²) >= 11 is 0. The standard InChI is InChI=1S/C23H27N3O3/c1-28-18-8-6-17(7-9-18)20(21-15-24-22-5-3-2-4-19(21)22)14-25-23(27)16-26-10-12-29-13-11-26/h2-9,15,20,24H,10-14,16H2,1H3,(H,25,27)/t20-/m0/s1. The number of para-hydroxylation sites is 1. The molecule has 2 heterocycles. The van der Waals surface area contributed by atoms with Crippen molar-refractivity contribution in [1.82, 2.24) is 15.2 Å². The maximum atomic E-state index is 12.6. The van der Waals surface area contributed by atoms with Crippen molar-refractivity contribution in [3.63, 3.8) is 0 Å². The molecule has 3 aromatic rings. The molecule has 2 aromatic carbocycles. The lowest BCUT2D eigenvalue weighted by molar-refractivity contribution is -0.123. The summed E-state index contributed by atoms with van der Waals surface area (Å²) in [4.78, 5) is 18.0. The highest BCUT2D eigenvalue weighted by Crippen LogP contribution is 2.31. The quantitative estimate of drug-likeness (QED) is 0.648. The van der Waals surface area contributed by atoms with Gasteiger partial charge in [-0.3, -0.25) is 9.69 Å². The topological polar surface area (TPSA) is 66.6 Å². The average Bonchev–Trinajstić information content (AvgIpc) is 3.19. The fraction of sp³-hybridized carbons (Fsp3) is 0.348. The van der Waals surface area contributed by atoms with Crippen LogP contribution < -0.4 is 10.1 Å². The monoisotopic (exact) mass is 393 g/mol. The number of aromatic amines is 1. The largest absolute Gasteiger partial charge is 0.497 e. The Morgan fingerprint density at radius 1 is 1.17 bits per heavy atom. The van der Waals surface area contributed by atoms with Gasteiger partial charge >= 0.3 is 0 Å². The number of hydrogen-bond acceptors (Lipinski definition) is 4. The van der Waals surface area contributed by atoms with Gasteiger partial charge in [-0.25, -0.2) is 0 Å². The van der Waals surface area contributed by atoms with Gasteiger partial charge in [-0.05, 0) is 29.3 Å². The summed E-state index contributed by atoms with van der Waals surface area (Å²) in [5, 5.41) is 4.32. The number of aromatic nitrogens is 1. The maximum absolute atomic E-state index is 12.6. The highest BCUT2D eigenvalue weighted by molar-refractivity contribution is 5.84. The number of hydrogen-bond donors (Lipinski definition) is 2. The molecular weight excluding hydrogens is 366 g/mol. The van der Waals surface area contributed by atoms with Gasteiger partial charge in [0.2, 0.25) is 5.91 Å². The van der Waals surface area contributed by atoms with Gasteiger partial charge in [-0.15, -0.1) is 0 Å². The summed E-state index contributed by atoms with van der Waals surface area (Å²) in [7, 11) is 1.66. The molecule has 29 heavy (non-hydrogen) atoms. The first-order chi connectivity index (χ1) is 14.2. The first-order valence-electron chi connectivity index (χ1n) is 10.0. The molecule has 6 nitrogen and oxygen atoms in total. The normalized spacial score (nSPS) is 15.9. The Morgan fingerprint density at radius 3 is 2.69 bits per heavy atom. The van der Waals surface area contributed by atoms with Gasteiger partial charge < -0.3 is 19.8 Å². The SMILES string of the molecule is COc1ccc([C@H](CNC(=O)CN2CCOCC2)c2c[nH]c3ccccc23)cc1. The lowest BCUT2D eigenvalue weighted by Gasteiger charge is -2.26. The van der Waals surface area contributed by atoms with Crippen molar-refractivity contribution < 1.29 is 14.3 Å². The van der Waals surface area contributed by atoms with Gasteiger partial charge in [0.15, 0.2) is 0 Å². The molecule has 1 aliphatic heterocycles. The van der Waals surface area contributed by atoms with E-state index in [1.807, 2.05) is 30.5 Å². The molecule has 1 aliphatic rings. The Balaban J connectivity index is 1.54. The second-order valence-electron chi connectivity index (χ2n) is 7.31. The van der Waals surface area contributed by atoms with Crippen molar-refractivity contribution in [3.05, 3.63) is 65.9 Å². The number of ether oxygens (including phenoxy) is 2. The van der Waals surface area contributed by atoms with Crippen LogP contribution >= 0.6 is 0 Å². The second kappa shape index (κ2) is 9.11. The number of carbonyl (C=O) groups is 1. The van der Waals surface area contributed by atoms with Crippen molar-refractivity contribution in [2.45, 2.75) is 5.92 Å². The third-order valence-corrected chi connectivity index (χ3v) is 5.49. The minimum atomic E-state index is 0.0465. The number of methoxy groups -OCH3 is 1. The number of morpholine rings is 1. The molecule has 1 aromatic heterocycles. The summed E-state index contributed by atoms with van der Waals surface area (Å²) in [6.45, 7) is 3.94. The summed E-state index contributed by atoms with van der Waals surface area (Å²) in [6.07, 6.45) is 2.05. The van der Waals surface area contributed by atoms with Crippen LogP contribution in [0, 0.1) is 0 Å². The number of nitrogens with one attached hydrogen (secondary N) is 2. The molecule has 0 spiro atoms. The minimum Gasteiger partial charge on any atom is -0.497 e. The van der Waals surface area contributed by atoms with Crippen LogP contribution in [0.2, 0.25) is 0 Å². The van der Waals surface area contributed by atoms with Gasteiger partial charge in [0, 0.05) is 42.7 Å². The second-order valence-corrected chi connectivity index (χ2v) is 7.31. The Labute approximate surface area is 170 Å². The molecule has 0 aliphatic carbocycles. The average molecular weight is 393 g/mol. The number of H-pyrrole nitrogens is 1. The molecule has 0 saturated carbocycles. The van der Waals surface area contributed by atoms with Gasteiger partial charge in [0.25, 0.3) is 0 Å². The van der Waals surface area contributed by atoms with E-state index in [1.165, 1.54) is 10.9 Å². The van der Waals surface area contributed by atoms with Crippen LogP contribution in [0.1, 0.15) is 17.0 Å². The lowest BCUT2D eigenvalue weighted by atomic mass is 9.90. The van der Waals surface area contributed by atoms with Crippen molar-refractivity contribution in [1.29, 1.82) is 0 Å². The van der Waals surface area contributed by atoms with E-state index in [1.54, 1.807) is 7.11 Å². The molecular formula is C23H27N3O3. The van der Waals surface area contributed by atoms with Gasteiger partial charge in [-0.1, -0.05) is 30.3 Å². The van der Waals surface area contributed by atoms with E-state index in [4.69, 9.17) is 9.47 Å². The van der Waals surface area contributed by atoms with E-state index >= 15 is 0 Å². The molecule has 0 bridgehead atoms. The summed E-state index contributed by atoms with van der Waals surface area (Å²) in [6, 6.07) is 16.3.